The first kappa shape index (κ1) is 28.9. The first-order chi connectivity index (χ1) is 24.8. The fourth-order valence-electron chi connectivity index (χ4n) is 6.84. The Labute approximate surface area is 296 Å². The van der Waals surface area contributed by atoms with E-state index >= 15 is 0 Å². The van der Waals surface area contributed by atoms with E-state index in [1.54, 1.807) is 22.7 Å². The van der Waals surface area contributed by atoms with Gasteiger partial charge in [-0.2, -0.15) is 0 Å². The molecule has 0 unspecified atom stereocenters. The summed E-state index contributed by atoms with van der Waals surface area (Å²) in [7, 11) is 0. The zero-order valence-electron chi connectivity index (χ0n) is 26.6. The number of nitrogens with zero attached hydrogens (tertiary/aromatic N) is 4. The fraction of sp³-hybridized carbons (Fsp3) is 0. The molecule has 0 amide bonds. The highest BCUT2D eigenvalue weighted by Crippen LogP contribution is 2.44. The van der Waals surface area contributed by atoms with Gasteiger partial charge in [-0.15, -0.1) is 22.7 Å². The van der Waals surface area contributed by atoms with Crippen molar-refractivity contribution in [2.75, 3.05) is 0 Å². The minimum atomic E-state index is 0.642. The summed E-state index contributed by atoms with van der Waals surface area (Å²) in [6, 6.07) is 54.9. The highest BCUT2D eigenvalue weighted by molar-refractivity contribution is 7.26. The molecule has 0 N–H and O–H groups in total. The summed E-state index contributed by atoms with van der Waals surface area (Å²) in [6.07, 6.45) is 0. The molecule has 0 aliphatic rings. The van der Waals surface area contributed by atoms with Crippen molar-refractivity contribution in [2.45, 2.75) is 0 Å². The van der Waals surface area contributed by atoms with Crippen molar-refractivity contribution >= 4 is 63.8 Å². The minimum absolute atomic E-state index is 0.642. The first-order valence-corrected chi connectivity index (χ1v) is 18.1. The van der Waals surface area contributed by atoms with Crippen LogP contribution in [0, 0.1) is 0 Å². The van der Waals surface area contributed by atoms with E-state index in [2.05, 4.69) is 133 Å². The number of aromatic nitrogens is 4. The van der Waals surface area contributed by atoms with Crippen LogP contribution in [0.2, 0.25) is 0 Å². The van der Waals surface area contributed by atoms with Gasteiger partial charge in [0.05, 0.1) is 10.2 Å². The molecule has 0 aliphatic heterocycles. The quantitative estimate of drug-likeness (QED) is 0.182. The van der Waals surface area contributed by atoms with E-state index in [0.717, 1.165) is 60.1 Å². The Bertz CT molecular complexity index is 2860. The van der Waals surface area contributed by atoms with E-state index in [0.29, 0.717) is 17.5 Å². The van der Waals surface area contributed by atoms with Crippen LogP contribution in [0.3, 0.4) is 0 Å². The van der Waals surface area contributed by atoms with E-state index in [-0.39, 0.29) is 0 Å². The molecule has 0 spiro atoms. The Kier molecular flexibility index (Phi) is 6.82. The van der Waals surface area contributed by atoms with Crippen LogP contribution in [-0.4, -0.2) is 19.9 Å². The molecule has 234 valence electrons. The van der Waals surface area contributed by atoms with Crippen molar-refractivity contribution in [1.82, 2.24) is 19.9 Å². The third kappa shape index (κ3) is 4.88. The summed E-state index contributed by atoms with van der Waals surface area (Å²) >= 11 is 3.54. The molecule has 7 aromatic carbocycles. The van der Waals surface area contributed by atoms with E-state index in [4.69, 9.17) is 19.9 Å². The van der Waals surface area contributed by atoms with E-state index < -0.39 is 0 Å². The molecule has 0 bridgehead atoms. The minimum Gasteiger partial charge on any atom is -0.236 e. The molecule has 3 aromatic heterocycles. The van der Waals surface area contributed by atoms with E-state index in [1.165, 1.54) is 19.5 Å². The zero-order valence-corrected chi connectivity index (χ0v) is 28.2. The lowest BCUT2D eigenvalue weighted by molar-refractivity contribution is 1.08. The second kappa shape index (κ2) is 11.8. The smallest absolute Gasteiger partial charge is 0.164 e. The molecule has 0 saturated carbocycles. The maximum absolute atomic E-state index is 5.30. The predicted octanol–water partition coefficient (Wildman–Crippen LogP) is 12.3. The lowest BCUT2D eigenvalue weighted by Gasteiger charge is -2.15. The third-order valence-electron chi connectivity index (χ3n) is 9.17. The lowest BCUT2D eigenvalue weighted by Crippen LogP contribution is -2.01. The Morgan fingerprint density at radius 2 is 1.04 bits per heavy atom. The summed E-state index contributed by atoms with van der Waals surface area (Å²) in [5.41, 5.74) is 7.26. The topological polar surface area (TPSA) is 51.6 Å². The SMILES string of the molecule is c1ccc(-c2nc(-c3ccc4ccccc4c3-c3ccccc3)nc(-c3cccc4sc5cc6sc(-c7ccccc7)nc6cc5c34)n2)cc1. The number of benzene rings is 7. The van der Waals surface area contributed by atoms with Gasteiger partial charge in [-0.3, -0.25) is 0 Å². The van der Waals surface area contributed by atoms with Gasteiger partial charge in [0.15, 0.2) is 17.5 Å². The maximum atomic E-state index is 5.30. The van der Waals surface area contributed by atoms with Crippen LogP contribution in [0.15, 0.2) is 158 Å². The van der Waals surface area contributed by atoms with Gasteiger partial charge in [0.2, 0.25) is 0 Å². The Morgan fingerprint density at radius 1 is 0.380 bits per heavy atom. The number of hydrogen-bond donors (Lipinski definition) is 0. The Hall–Kier alpha value is -6.08. The van der Waals surface area contributed by atoms with E-state index in [1.807, 2.05) is 24.3 Å². The van der Waals surface area contributed by atoms with Crippen LogP contribution in [0.25, 0.3) is 97.0 Å². The zero-order chi connectivity index (χ0) is 33.0. The summed E-state index contributed by atoms with van der Waals surface area (Å²) in [4.78, 5) is 20.7. The average molecular weight is 675 g/mol. The number of rotatable bonds is 5. The Balaban J connectivity index is 1.23. The molecule has 0 radical (unpaired) electrons. The molecule has 0 fully saturated rings. The normalized spacial score (nSPS) is 11.6. The van der Waals surface area contributed by atoms with Crippen LogP contribution >= 0.6 is 22.7 Å². The van der Waals surface area contributed by atoms with Gasteiger partial charge in [-0.1, -0.05) is 133 Å². The predicted molar refractivity (Wildman–Crippen MR) is 211 cm³/mol. The molecule has 10 aromatic rings. The van der Waals surface area contributed by atoms with Gasteiger partial charge in [0, 0.05) is 48.0 Å². The molecule has 0 aliphatic carbocycles. The summed E-state index contributed by atoms with van der Waals surface area (Å²) in [5, 5.41) is 5.67. The molecule has 0 atom stereocenters. The van der Waals surface area contributed by atoms with Crippen molar-refractivity contribution in [2.24, 2.45) is 0 Å². The van der Waals surface area contributed by atoms with Gasteiger partial charge < -0.3 is 0 Å². The number of fused-ring (bicyclic) bond motifs is 5. The number of hydrogen-bond acceptors (Lipinski definition) is 6. The van der Waals surface area contributed by atoms with Gasteiger partial charge >= 0.3 is 0 Å². The molecule has 0 saturated heterocycles. The Morgan fingerprint density at radius 3 is 1.82 bits per heavy atom. The highest BCUT2D eigenvalue weighted by atomic mass is 32.1. The highest BCUT2D eigenvalue weighted by Gasteiger charge is 2.20. The van der Waals surface area contributed by atoms with Crippen LogP contribution in [0.1, 0.15) is 0 Å². The lowest BCUT2D eigenvalue weighted by atomic mass is 9.93. The molecule has 4 nitrogen and oxygen atoms in total. The van der Waals surface area contributed by atoms with E-state index in [9.17, 15) is 0 Å². The van der Waals surface area contributed by atoms with Crippen molar-refractivity contribution < 1.29 is 0 Å². The van der Waals surface area contributed by atoms with Crippen molar-refractivity contribution in [3.63, 3.8) is 0 Å². The third-order valence-corrected chi connectivity index (χ3v) is 11.4. The van der Waals surface area contributed by atoms with Crippen molar-refractivity contribution in [3.05, 3.63) is 158 Å². The second-order valence-electron chi connectivity index (χ2n) is 12.2. The van der Waals surface area contributed by atoms with Crippen LogP contribution < -0.4 is 0 Å². The molecular formula is C44H26N4S2. The monoisotopic (exact) mass is 674 g/mol. The number of thiophene rings is 1. The summed E-state index contributed by atoms with van der Waals surface area (Å²) in [5.74, 6) is 1.93. The van der Waals surface area contributed by atoms with Crippen molar-refractivity contribution in [1.29, 1.82) is 0 Å². The second-order valence-corrected chi connectivity index (χ2v) is 14.3. The van der Waals surface area contributed by atoms with Crippen molar-refractivity contribution in [3.8, 4) is 55.9 Å². The molecule has 6 heteroatoms. The molecule has 10 rings (SSSR count). The van der Waals surface area contributed by atoms with Gasteiger partial charge in [-0.05, 0) is 40.6 Å². The van der Waals surface area contributed by atoms with Crippen LogP contribution in [0.5, 0.6) is 0 Å². The van der Waals surface area contributed by atoms with Crippen LogP contribution in [-0.2, 0) is 0 Å². The fourth-order valence-corrected chi connectivity index (χ4v) is 9.06. The molecule has 3 heterocycles. The maximum Gasteiger partial charge on any atom is 0.164 e. The van der Waals surface area contributed by atoms with Crippen LogP contribution in [0.4, 0.5) is 0 Å². The largest absolute Gasteiger partial charge is 0.236 e. The van der Waals surface area contributed by atoms with Gasteiger partial charge in [-0.25, -0.2) is 19.9 Å². The van der Waals surface area contributed by atoms with Gasteiger partial charge in [0.1, 0.15) is 5.01 Å². The summed E-state index contributed by atoms with van der Waals surface area (Å²) < 4.78 is 3.60. The average Bonchev–Trinajstić information content (AvgIpc) is 3.78. The molecule has 50 heavy (non-hydrogen) atoms. The van der Waals surface area contributed by atoms with Gasteiger partial charge in [0.25, 0.3) is 0 Å². The number of thiazole rings is 1. The first-order valence-electron chi connectivity index (χ1n) is 16.5. The molecular weight excluding hydrogens is 649 g/mol. The standard InChI is InChI=1S/C44H26N4S2/c1-4-14-28(15-5-1)39-31-20-11-10-13-27(31)23-24-33(39)43-47-41(29-16-6-2-7-17-29)46-42(48-43)32-21-12-22-36-40(32)34-25-35-38(26-37(34)49-36)50-44(45-35)30-18-8-3-9-19-30/h1-26H. The summed E-state index contributed by atoms with van der Waals surface area (Å²) in [6.45, 7) is 0.